The number of carbonyl (C=O) groups excluding carboxylic acids is 4. The van der Waals surface area contributed by atoms with Crippen LogP contribution in [0.2, 0.25) is 0 Å². The van der Waals surface area contributed by atoms with Crippen LogP contribution >= 0.6 is 12.4 Å². The van der Waals surface area contributed by atoms with Crippen molar-refractivity contribution in [3.8, 4) is 5.75 Å². The second kappa shape index (κ2) is 19.3. The fourth-order valence-electron chi connectivity index (χ4n) is 5.61. The minimum atomic E-state index is -1.19. The maximum Gasteiger partial charge on any atom is 0.323 e. The number of hydrogen-bond donors (Lipinski definition) is 7. The van der Waals surface area contributed by atoms with E-state index in [1.54, 1.807) is 60.7 Å². The molecule has 11 N–H and O–H groups in total. The summed E-state index contributed by atoms with van der Waals surface area (Å²) in [5.74, 6) is -2.86. The molecule has 0 bridgehead atoms. The predicted octanol–water partition coefficient (Wildman–Crippen LogP) is 0.602. The summed E-state index contributed by atoms with van der Waals surface area (Å²) in [5.41, 5.74) is 23.9. The first-order chi connectivity index (χ1) is 24.8. The highest BCUT2D eigenvalue weighted by molar-refractivity contribution is 5.99. The molecule has 3 aromatic rings. The van der Waals surface area contributed by atoms with E-state index in [-0.39, 0.29) is 74.7 Å². The summed E-state index contributed by atoms with van der Waals surface area (Å²) in [5, 5.41) is 15.0. The Morgan fingerprint density at radius 1 is 0.849 bits per heavy atom. The van der Waals surface area contributed by atoms with Gasteiger partial charge in [0.2, 0.25) is 11.8 Å². The number of carboxylic acid groups (broad SMARTS) is 1. The summed E-state index contributed by atoms with van der Waals surface area (Å²) in [4.78, 5) is 76.2. The van der Waals surface area contributed by atoms with Crippen molar-refractivity contribution in [2.45, 2.75) is 31.3 Å². The number of amides is 4. The number of nitrogens with one attached hydrogen (secondary N) is 2. The minimum Gasteiger partial charge on any atom is -0.497 e. The molecule has 1 aliphatic heterocycles. The van der Waals surface area contributed by atoms with Crippen molar-refractivity contribution in [2.75, 3.05) is 33.3 Å². The van der Waals surface area contributed by atoms with Crippen LogP contribution in [0.5, 0.6) is 5.75 Å². The highest BCUT2D eigenvalue weighted by Crippen LogP contribution is 2.21. The average Bonchev–Trinajstić information content (AvgIpc) is 3.11. The predicted molar refractivity (Wildman–Crippen MR) is 200 cm³/mol. The molecule has 1 heterocycles. The molecule has 0 saturated carbocycles. The van der Waals surface area contributed by atoms with Crippen molar-refractivity contribution < 1.29 is 33.8 Å². The SMILES string of the molecule is COc1ccc(C[C@H](NC(=O)c2ccc(N=C(N)N)cc2)C(=O)N2CCN(CC(=O)O)C(=O)[C@@H]2CCCNC(=O)c2ccc(N=C(N)N)cc2)cc1.Cl. The molecule has 0 aromatic heterocycles. The van der Waals surface area contributed by atoms with E-state index in [4.69, 9.17) is 27.7 Å². The number of benzene rings is 3. The molecule has 0 unspecified atom stereocenters. The van der Waals surface area contributed by atoms with E-state index in [1.165, 1.54) is 29.0 Å². The van der Waals surface area contributed by atoms with Gasteiger partial charge in [-0.05, 0) is 79.1 Å². The fraction of sp³-hybridized carbons (Fsp3) is 0.286. The van der Waals surface area contributed by atoms with Crippen LogP contribution in [0, 0.1) is 0 Å². The number of carboxylic acids is 1. The van der Waals surface area contributed by atoms with Crippen LogP contribution in [0.1, 0.15) is 39.1 Å². The lowest BCUT2D eigenvalue weighted by Gasteiger charge is -2.41. The van der Waals surface area contributed by atoms with Gasteiger partial charge in [0.25, 0.3) is 11.8 Å². The molecule has 0 aliphatic carbocycles. The molecule has 53 heavy (non-hydrogen) atoms. The van der Waals surface area contributed by atoms with E-state index in [1.807, 2.05) is 0 Å². The van der Waals surface area contributed by atoms with Crippen molar-refractivity contribution in [2.24, 2.45) is 32.9 Å². The first kappa shape index (κ1) is 41.1. The summed E-state index contributed by atoms with van der Waals surface area (Å²) >= 11 is 0. The van der Waals surface area contributed by atoms with Gasteiger partial charge in [-0.25, -0.2) is 9.98 Å². The Bertz CT molecular complexity index is 1810. The van der Waals surface area contributed by atoms with E-state index in [9.17, 15) is 29.1 Å². The van der Waals surface area contributed by atoms with Gasteiger partial charge in [-0.1, -0.05) is 12.1 Å². The number of methoxy groups -OCH3 is 1. The Hall–Kier alpha value is -6.36. The third-order valence-electron chi connectivity index (χ3n) is 8.11. The normalized spacial score (nSPS) is 14.2. The van der Waals surface area contributed by atoms with Crippen molar-refractivity contribution in [3.05, 3.63) is 89.5 Å². The number of piperazine rings is 1. The third kappa shape index (κ3) is 11.9. The lowest BCUT2D eigenvalue weighted by Crippen LogP contribution is -2.63. The van der Waals surface area contributed by atoms with Gasteiger partial charge >= 0.3 is 5.97 Å². The van der Waals surface area contributed by atoms with Crippen molar-refractivity contribution in [1.82, 2.24) is 20.4 Å². The van der Waals surface area contributed by atoms with Crippen LogP contribution < -0.4 is 38.3 Å². The van der Waals surface area contributed by atoms with Crippen LogP contribution in [0.25, 0.3) is 0 Å². The van der Waals surface area contributed by atoms with Crippen LogP contribution in [-0.4, -0.2) is 102 Å². The van der Waals surface area contributed by atoms with Gasteiger partial charge in [-0.2, -0.15) is 0 Å². The zero-order valence-corrected chi connectivity index (χ0v) is 29.8. The molecule has 1 fully saturated rings. The molecule has 2 atom stereocenters. The molecule has 4 amide bonds. The van der Waals surface area contributed by atoms with Gasteiger partial charge in [0, 0.05) is 37.2 Å². The maximum absolute atomic E-state index is 14.3. The second-order valence-corrected chi connectivity index (χ2v) is 11.8. The largest absolute Gasteiger partial charge is 0.497 e. The van der Waals surface area contributed by atoms with E-state index in [2.05, 4.69) is 20.6 Å². The summed E-state index contributed by atoms with van der Waals surface area (Å²) in [6.07, 6.45) is 0.464. The molecular weight excluding hydrogens is 708 g/mol. The number of halogens is 1. The summed E-state index contributed by atoms with van der Waals surface area (Å²) in [6.45, 7) is -0.373. The molecule has 0 spiro atoms. The molecular formula is C35H43ClN10O7. The standard InChI is InChI=1S/C35H42N10O7.ClH/c1-52-26-14-4-21(5-15-26)19-27(43-31(49)23-8-12-25(13-9-23)42-35(38)39)32(50)45-18-17-44(20-29(46)47)33(51)28(45)3-2-16-40-30(48)22-6-10-24(11-7-22)41-34(36)37;/h4-15,27-28H,2-3,16-20H2,1H3,(H,40,48)(H,43,49)(H,46,47)(H4,36,37,41)(H4,38,39,42);1H/t27-,28-;/m0./s1. The Labute approximate surface area is 311 Å². The summed E-state index contributed by atoms with van der Waals surface area (Å²) in [6, 6.07) is 17.2. The smallest absolute Gasteiger partial charge is 0.323 e. The third-order valence-corrected chi connectivity index (χ3v) is 8.11. The number of nitrogens with zero attached hydrogens (tertiary/aromatic N) is 4. The molecule has 17 nitrogen and oxygen atoms in total. The lowest BCUT2D eigenvalue weighted by molar-refractivity contribution is -0.156. The number of nitrogens with two attached hydrogens (primary N) is 4. The number of rotatable bonds is 15. The average molecular weight is 751 g/mol. The summed E-state index contributed by atoms with van der Waals surface area (Å²) < 4.78 is 5.25. The number of ether oxygens (including phenoxy) is 1. The monoisotopic (exact) mass is 750 g/mol. The molecule has 4 rings (SSSR count). The Balaban J connectivity index is 0.00000756. The van der Waals surface area contributed by atoms with Crippen LogP contribution in [0.4, 0.5) is 11.4 Å². The van der Waals surface area contributed by atoms with E-state index >= 15 is 0 Å². The molecule has 18 heteroatoms. The van der Waals surface area contributed by atoms with E-state index in [0.29, 0.717) is 28.3 Å². The second-order valence-electron chi connectivity index (χ2n) is 11.8. The van der Waals surface area contributed by atoms with Gasteiger partial charge in [-0.15, -0.1) is 12.4 Å². The van der Waals surface area contributed by atoms with Crippen LogP contribution in [0.15, 0.2) is 82.8 Å². The fourth-order valence-corrected chi connectivity index (χ4v) is 5.61. The number of carbonyl (C=O) groups is 5. The number of hydrogen-bond acceptors (Lipinski definition) is 8. The first-order valence-corrected chi connectivity index (χ1v) is 16.3. The van der Waals surface area contributed by atoms with Crippen molar-refractivity contribution >= 4 is 65.3 Å². The molecule has 282 valence electrons. The van der Waals surface area contributed by atoms with E-state index < -0.39 is 42.3 Å². The van der Waals surface area contributed by atoms with Crippen LogP contribution in [-0.2, 0) is 20.8 Å². The van der Waals surface area contributed by atoms with Gasteiger partial charge in [0.1, 0.15) is 24.4 Å². The van der Waals surface area contributed by atoms with Gasteiger partial charge in [0.15, 0.2) is 11.9 Å². The number of guanidine groups is 2. The molecule has 1 aliphatic rings. The molecule has 3 aromatic carbocycles. The summed E-state index contributed by atoms with van der Waals surface area (Å²) in [7, 11) is 1.53. The quantitative estimate of drug-likeness (QED) is 0.0642. The molecule has 0 radical (unpaired) electrons. The van der Waals surface area contributed by atoms with Gasteiger partial charge in [0.05, 0.1) is 18.5 Å². The topological polar surface area (TPSA) is 274 Å². The Morgan fingerprint density at radius 3 is 1.91 bits per heavy atom. The van der Waals surface area contributed by atoms with Crippen molar-refractivity contribution in [1.29, 1.82) is 0 Å². The van der Waals surface area contributed by atoms with E-state index in [0.717, 1.165) is 0 Å². The Kier molecular flexibility index (Phi) is 15.0. The zero-order chi connectivity index (χ0) is 37.8. The van der Waals surface area contributed by atoms with Crippen molar-refractivity contribution in [3.63, 3.8) is 0 Å². The highest BCUT2D eigenvalue weighted by atomic mass is 35.5. The maximum atomic E-state index is 14.3. The van der Waals surface area contributed by atoms with Gasteiger partial charge < -0.3 is 53.2 Å². The number of aliphatic imine (C=N–C) groups is 2. The number of aliphatic carboxylic acids is 1. The zero-order valence-electron chi connectivity index (χ0n) is 28.9. The first-order valence-electron chi connectivity index (χ1n) is 16.3. The van der Waals surface area contributed by atoms with Crippen LogP contribution in [0.3, 0.4) is 0 Å². The molecule has 1 saturated heterocycles. The Morgan fingerprint density at radius 2 is 1.40 bits per heavy atom. The highest BCUT2D eigenvalue weighted by Gasteiger charge is 2.40. The lowest BCUT2D eigenvalue weighted by atomic mass is 9.99. The minimum absolute atomic E-state index is 0. The van der Waals surface area contributed by atoms with Gasteiger partial charge in [-0.3, -0.25) is 24.0 Å².